The lowest BCUT2D eigenvalue weighted by molar-refractivity contribution is -0.137. The number of ether oxygens (including phenoxy) is 2. The highest BCUT2D eigenvalue weighted by atomic mass is 19.4. The molecule has 0 spiro atoms. The SMILES string of the molecule is CCOC(=O)c1cccc(C2=C(c3ccccc3OCc3ccc(C(F)(F)F)cc3CF)CCC2)n1. The van der Waals surface area contributed by atoms with Gasteiger partial charge in [0.1, 0.15) is 24.7 Å². The fraction of sp³-hybridized carbons (Fsp3) is 0.286. The van der Waals surface area contributed by atoms with Crippen LogP contribution in [0, 0.1) is 0 Å². The Morgan fingerprint density at radius 1 is 0.972 bits per heavy atom. The maximum Gasteiger partial charge on any atom is 0.416 e. The summed E-state index contributed by atoms with van der Waals surface area (Å²) < 4.78 is 63.6. The molecule has 0 N–H and O–H groups in total. The normalized spacial score (nSPS) is 13.7. The predicted molar refractivity (Wildman–Crippen MR) is 128 cm³/mol. The second-order valence-corrected chi connectivity index (χ2v) is 8.34. The van der Waals surface area contributed by atoms with Gasteiger partial charge in [0.05, 0.1) is 17.9 Å². The quantitative estimate of drug-likeness (QED) is 0.239. The summed E-state index contributed by atoms with van der Waals surface area (Å²) in [6.07, 6.45) is -2.10. The molecule has 0 bridgehead atoms. The fourth-order valence-electron chi connectivity index (χ4n) is 4.31. The van der Waals surface area contributed by atoms with E-state index in [0.717, 1.165) is 48.1 Å². The third-order valence-electron chi connectivity index (χ3n) is 6.03. The number of aromatic nitrogens is 1. The van der Waals surface area contributed by atoms with Crippen molar-refractivity contribution in [2.24, 2.45) is 0 Å². The van der Waals surface area contributed by atoms with Crippen LogP contribution in [0.1, 0.15) is 64.6 Å². The molecule has 0 aliphatic heterocycles. The lowest BCUT2D eigenvalue weighted by atomic mass is 9.98. The molecule has 4 rings (SSSR count). The zero-order valence-corrected chi connectivity index (χ0v) is 19.7. The van der Waals surface area contributed by atoms with Gasteiger partial charge >= 0.3 is 12.1 Å². The summed E-state index contributed by atoms with van der Waals surface area (Å²) in [7, 11) is 0. The highest BCUT2D eigenvalue weighted by Gasteiger charge is 2.31. The second-order valence-electron chi connectivity index (χ2n) is 8.34. The summed E-state index contributed by atoms with van der Waals surface area (Å²) in [5.74, 6) is 0.0570. The molecule has 0 saturated heterocycles. The van der Waals surface area contributed by atoms with Crippen LogP contribution < -0.4 is 4.74 Å². The highest BCUT2D eigenvalue weighted by Crippen LogP contribution is 2.42. The summed E-state index contributed by atoms with van der Waals surface area (Å²) in [5, 5.41) is 0. The van der Waals surface area contributed by atoms with Crippen molar-refractivity contribution in [2.75, 3.05) is 6.61 Å². The van der Waals surface area contributed by atoms with Gasteiger partial charge in [-0.15, -0.1) is 0 Å². The number of hydrogen-bond donors (Lipinski definition) is 0. The minimum absolute atomic E-state index is 0.0527. The first-order chi connectivity index (χ1) is 17.3. The fourth-order valence-corrected chi connectivity index (χ4v) is 4.31. The lowest BCUT2D eigenvalue weighted by Gasteiger charge is -2.16. The molecule has 2 aromatic carbocycles. The van der Waals surface area contributed by atoms with Crippen molar-refractivity contribution in [2.45, 2.75) is 45.6 Å². The van der Waals surface area contributed by atoms with Crippen molar-refractivity contribution in [3.05, 3.63) is 94.3 Å². The van der Waals surface area contributed by atoms with Crippen LogP contribution in [-0.2, 0) is 24.2 Å². The molecule has 1 aliphatic rings. The van der Waals surface area contributed by atoms with Crippen molar-refractivity contribution < 1.29 is 31.8 Å². The first kappa shape index (κ1) is 25.4. The second kappa shape index (κ2) is 10.9. The van der Waals surface area contributed by atoms with Gasteiger partial charge in [0.15, 0.2) is 0 Å². The molecule has 4 nitrogen and oxygen atoms in total. The lowest BCUT2D eigenvalue weighted by Crippen LogP contribution is -2.08. The number of hydrogen-bond acceptors (Lipinski definition) is 4. The monoisotopic (exact) mass is 499 g/mol. The number of benzene rings is 2. The Hall–Kier alpha value is -3.68. The summed E-state index contributed by atoms with van der Waals surface area (Å²) in [6.45, 7) is 0.888. The van der Waals surface area contributed by atoms with Crippen LogP contribution in [0.3, 0.4) is 0 Å². The van der Waals surface area contributed by atoms with E-state index in [1.165, 1.54) is 6.07 Å². The Bertz CT molecular complexity index is 1280. The molecule has 0 amide bonds. The topological polar surface area (TPSA) is 48.4 Å². The number of rotatable bonds is 8. The van der Waals surface area contributed by atoms with E-state index in [1.807, 2.05) is 18.2 Å². The van der Waals surface area contributed by atoms with Gasteiger partial charge in [-0.05, 0) is 78.8 Å². The molecule has 0 unspecified atom stereocenters. The molecule has 3 aromatic rings. The van der Waals surface area contributed by atoms with Crippen LogP contribution in [0.25, 0.3) is 11.1 Å². The molecule has 1 aliphatic carbocycles. The summed E-state index contributed by atoms with van der Waals surface area (Å²) >= 11 is 0. The molecule has 1 heterocycles. The Balaban J connectivity index is 1.63. The number of carbonyl (C=O) groups is 1. The first-order valence-electron chi connectivity index (χ1n) is 11.7. The van der Waals surface area contributed by atoms with Crippen LogP contribution in [0.15, 0.2) is 60.7 Å². The Morgan fingerprint density at radius 3 is 2.50 bits per heavy atom. The number of para-hydroxylation sites is 1. The smallest absolute Gasteiger partial charge is 0.416 e. The third-order valence-corrected chi connectivity index (χ3v) is 6.03. The number of alkyl halides is 4. The first-order valence-corrected chi connectivity index (χ1v) is 11.7. The summed E-state index contributed by atoms with van der Waals surface area (Å²) in [4.78, 5) is 16.7. The van der Waals surface area contributed by atoms with Gasteiger partial charge in [0, 0.05) is 5.56 Å². The Labute approximate surface area is 206 Å². The van der Waals surface area contributed by atoms with Crippen LogP contribution in [0.5, 0.6) is 5.75 Å². The molecule has 8 heteroatoms. The van der Waals surface area contributed by atoms with E-state index in [1.54, 1.807) is 31.2 Å². The van der Waals surface area contributed by atoms with Gasteiger partial charge in [-0.25, -0.2) is 14.2 Å². The van der Waals surface area contributed by atoms with Gasteiger partial charge in [0.2, 0.25) is 0 Å². The van der Waals surface area contributed by atoms with Gasteiger partial charge in [-0.3, -0.25) is 0 Å². The minimum atomic E-state index is -4.54. The summed E-state index contributed by atoms with van der Waals surface area (Å²) in [5.41, 5.74) is 3.19. The van der Waals surface area contributed by atoms with Gasteiger partial charge in [-0.1, -0.05) is 30.3 Å². The maximum atomic E-state index is 13.5. The van der Waals surface area contributed by atoms with Crippen LogP contribution in [-0.4, -0.2) is 17.6 Å². The molecular weight excluding hydrogens is 474 g/mol. The Morgan fingerprint density at radius 2 is 1.75 bits per heavy atom. The molecule has 0 fully saturated rings. The van der Waals surface area contributed by atoms with Crippen LogP contribution in [0.4, 0.5) is 17.6 Å². The minimum Gasteiger partial charge on any atom is -0.488 e. The summed E-state index contributed by atoms with van der Waals surface area (Å²) in [6, 6.07) is 15.6. The molecule has 0 radical (unpaired) electrons. The number of allylic oxidation sites excluding steroid dienone is 2. The van der Waals surface area contributed by atoms with E-state index >= 15 is 0 Å². The molecule has 0 saturated carbocycles. The van der Waals surface area contributed by atoms with E-state index in [9.17, 15) is 22.4 Å². The van der Waals surface area contributed by atoms with Crippen molar-refractivity contribution in [3.8, 4) is 5.75 Å². The van der Waals surface area contributed by atoms with Crippen molar-refractivity contribution in [1.29, 1.82) is 0 Å². The number of carbonyl (C=O) groups excluding carboxylic acids is 1. The van der Waals surface area contributed by atoms with E-state index in [0.29, 0.717) is 17.0 Å². The maximum absolute atomic E-state index is 13.5. The molecule has 188 valence electrons. The van der Waals surface area contributed by atoms with Crippen LogP contribution >= 0.6 is 0 Å². The van der Waals surface area contributed by atoms with Gasteiger partial charge in [-0.2, -0.15) is 13.2 Å². The molecule has 0 atom stereocenters. The van der Waals surface area contributed by atoms with Crippen molar-refractivity contribution >= 4 is 17.1 Å². The van der Waals surface area contributed by atoms with E-state index in [-0.39, 0.29) is 24.5 Å². The molecule has 1 aromatic heterocycles. The van der Waals surface area contributed by atoms with Crippen LogP contribution in [0.2, 0.25) is 0 Å². The van der Waals surface area contributed by atoms with Gasteiger partial charge < -0.3 is 9.47 Å². The zero-order chi connectivity index (χ0) is 25.7. The number of esters is 1. The third kappa shape index (κ3) is 5.58. The number of pyridine rings is 1. The number of nitrogens with zero attached hydrogens (tertiary/aromatic N) is 1. The standard InChI is InChI=1S/C28H25F4NO3/c1-2-35-27(34)25-11-6-10-24(33-25)22-9-5-8-21(22)23-7-3-4-12-26(23)36-17-18-13-14-20(28(30,31)32)15-19(18)16-29/h3-4,6-7,10-15H,2,5,8-9,16-17H2,1H3. The zero-order valence-electron chi connectivity index (χ0n) is 19.7. The number of halogens is 4. The molecular formula is C28H25F4NO3. The van der Waals surface area contributed by atoms with Gasteiger partial charge in [0.25, 0.3) is 0 Å². The Kier molecular flexibility index (Phi) is 7.72. The van der Waals surface area contributed by atoms with E-state index in [2.05, 4.69) is 4.98 Å². The largest absolute Gasteiger partial charge is 0.488 e. The molecule has 36 heavy (non-hydrogen) atoms. The predicted octanol–water partition coefficient (Wildman–Crippen LogP) is 7.42. The average molecular weight is 500 g/mol. The van der Waals surface area contributed by atoms with Crippen molar-refractivity contribution in [3.63, 3.8) is 0 Å². The van der Waals surface area contributed by atoms with Crippen molar-refractivity contribution in [1.82, 2.24) is 4.98 Å². The average Bonchev–Trinajstić information content (AvgIpc) is 3.37. The highest BCUT2D eigenvalue weighted by molar-refractivity contribution is 5.94. The van der Waals surface area contributed by atoms with E-state index < -0.39 is 24.4 Å². The van der Waals surface area contributed by atoms with E-state index in [4.69, 9.17) is 9.47 Å².